The molecule has 0 spiro atoms. The van der Waals surface area contributed by atoms with Gasteiger partial charge in [0.15, 0.2) is 0 Å². The summed E-state index contributed by atoms with van der Waals surface area (Å²) in [6.45, 7) is 3.50. The third-order valence-corrected chi connectivity index (χ3v) is 4.49. The second-order valence-corrected chi connectivity index (χ2v) is 6.32. The van der Waals surface area contributed by atoms with Crippen molar-refractivity contribution in [3.8, 4) is 5.75 Å². The van der Waals surface area contributed by atoms with Gasteiger partial charge in [-0.25, -0.2) is 9.97 Å². The number of rotatable bonds is 5. The van der Waals surface area contributed by atoms with Crippen molar-refractivity contribution in [2.75, 3.05) is 19.7 Å². The molecule has 0 saturated carbocycles. The molecule has 0 radical (unpaired) electrons. The molecule has 3 heterocycles. The normalized spacial score (nSPS) is 16.3. The standard InChI is InChI=1S/C19H21N5O2/c1-12-5-6-13-3-2-4-15(16(13)24-12)26-10-9-21-19(25)18-17-14(7-8-20-18)22-11-23-17/h2-6,11,18,20H,7-10H2,1H3,(H,21,25)(H,22,23)/t18-/m1/s1. The number of carbonyl (C=O) groups is 1. The molecule has 7 heteroatoms. The number of nitrogens with one attached hydrogen (secondary N) is 3. The van der Waals surface area contributed by atoms with Gasteiger partial charge >= 0.3 is 0 Å². The summed E-state index contributed by atoms with van der Waals surface area (Å²) in [5.41, 5.74) is 3.59. The van der Waals surface area contributed by atoms with Crippen molar-refractivity contribution in [3.63, 3.8) is 0 Å². The number of para-hydroxylation sites is 1. The quantitative estimate of drug-likeness (QED) is 0.608. The summed E-state index contributed by atoms with van der Waals surface area (Å²) in [7, 11) is 0. The van der Waals surface area contributed by atoms with Crippen LogP contribution in [-0.2, 0) is 11.2 Å². The number of ether oxygens (including phenoxy) is 1. The van der Waals surface area contributed by atoms with Gasteiger partial charge in [0.05, 0.1) is 18.6 Å². The largest absolute Gasteiger partial charge is 0.489 e. The highest BCUT2D eigenvalue weighted by Crippen LogP contribution is 2.24. The van der Waals surface area contributed by atoms with E-state index >= 15 is 0 Å². The number of amides is 1. The van der Waals surface area contributed by atoms with Crippen LogP contribution in [0.25, 0.3) is 10.9 Å². The zero-order valence-corrected chi connectivity index (χ0v) is 14.6. The van der Waals surface area contributed by atoms with Gasteiger partial charge in [0.2, 0.25) is 5.91 Å². The Hall–Kier alpha value is -2.93. The Morgan fingerprint density at radius 3 is 3.19 bits per heavy atom. The minimum Gasteiger partial charge on any atom is -0.489 e. The predicted octanol–water partition coefficient (Wildman–Crippen LogP) is 1.65. The fourth-order valence-electron chi connectivity index (χ4n) is 3.21. The number of hydrogen-bond donors (Lipinski definition) is 3. The second-order valence-electron chi connectivity index (χ2n) is 6.32. The van der Waals surface area contributed by atoms with Crippen molar-refractivity contribution < 1.29 is 9.53 Å². The zero-order valence-electron chi connectivity index (χ0n) is 14.6. The number of aromatic amines is 1. The van der Waals surface area contributed by atoms with E-state index in [1.165, 1.54) is 0 Å². The van der Waals surface area contributed by atoms with Crippen molar-refractivity contribution in [1.82, 2.24) is 25.6 Å². The predicted molar refractivity (Wildman–Crippen MR) is 98.0 cm³/mol. The van der Waals surface area contributed by atoms with E-state index in [-0.39, 0.29) is 5.91 Å². The first kappa shape index (κ1) is 16.5. The van der Waals surface area contributed by atoms with Crippen molar-refractivity contribution in [3.05, 3.63) is 53.7 Å². The van der Waals surface area contributed by atoms with Gasteiger partial charge < -0.3 is 20.4 Å². The molecule has 1 aromatic carbocycles. The van der Waals surface area contributed by atoms with Crippen LogP contribution in [-0.4, -0.2) is 40.6 Å². The molecule has 0 bridgehead atoms. The summed E-state index contributed by atoms with van der Waals surface area (Å²) in [4.78, 5) is 24.3. The first-order chi connectivity index (χ1) is 12.7. The van der Waals surface area contributed by atoms with E-state index in [1.807, 2.05) is 37.3 Å². The lowest BCUT2D eigenvalue weighted by molar-refractivity contribution is -0.123. The average molecular weight is 351 g/mol. The number of pyridine rings is 1. The maximum absolute atomic E-state index is 12.4. The van der Waals surface area contributed by atoms with Crippen LogP contribution < -0.4 is 15.4 Å². The molecule has 1 aliphatic rings. The fraction of sp³-hybridized carbons (Fsp3) is 0.316. The number of benzene rings is 1. The van der Waals surface area contributed by atoms with Gasteiger partial charge in [-0.1, -0.05) is 18.2 Å². The molecule has 26 heavy (non-hydrogen) atoms. The molecule has 3 N–H and O–H groups in total. The monoisotopic (exact) mass is 351 g/mol. The lowest BCUT2D eigenvalue weighted by Crippen LogP contribution is -2.42. The van der Waals surface area contributed by atoms with Crippen LogP contribution in [0, 0.1) is 6.92 Å². The third-order valence-electron chi connectivity index (χ3n) is 4.49. The van der Waals surface area contributed by atoms with E-state index in [1.54, 1.807) is 6.33 Å². The van der Waals surface area contributed by atoms with Crippen LogP contribution in [0.5, 0.6) is 5.75 Å². The number of nitrogens with zero attached hydrogens (tertiary/aromatic N) is 2. The maximum atomic E-state index is 12.4. The molecule has 134 valence electrons. The van der Waals surface area contributed by atoms with Crippen molar-refractivity contribution in [1.29, 1.82) is 0 Å². The lowest BCUT2D eigenvalue weighted by atomic mass is 10.1. The Balaban J connectivity index is 1.35. The molecular weight excluding hydrogens is 330 g/mol. The van der Waals surface area contributed by atoms with Crippen molar-refractivity contribution in [2.24, 2.45) is 0 Å². The molecule has 7 nitrogen and oxygen atoms in total. The number of aromatic nitrogens is 3. The van der Waals surface area contributed by atoms with E-state index in [0.717, 1.165) is 46.7 Å². The third kappa shape index (κ3) is 3.25. The number of fused-ring (bicyclic) bond motifs is 2. The van der Waals surface area contributed by atoms with Gasteiger partial charge in [-0.15, -0.1) is 0 Å². The van der Waals surface area contributed by atoms with Gasteiger partial charge in [-0.3, -0.25) is 4.79 Å². The van der Waals surface area contributed by atoms with Gasteiger partial charge in [-0.2, -0.15) is 0 Å². The molecule has 2 aromatic heterocycles. The van der Waals surface area contributed by atoms with Crippen molar-refractivity contribution >= 4 is 16.8 Å². The Morgan fingerprint density at radius 2 is 2.27 bits per heavy atom. The number of H-pyrrole nitrogens is 1. The van der Waals surface area contributed by atoms with Gasteiger partial charge in [-0.05, 0) is 19.1 Å². The molecule has 1 atom stereocenters. The van der Waals surface area contributed by atoms with Crippen LogP contribution in [0.2, 0.25) is 0 Å². The van der Waals surface area contributed by atoms with E-state index in [2.05, 4.69) is 25.6 Å². The van der Waals surface area contributed by atoms with E-state index in [9.17, 15) is 4.79 Å². The number of imidazole rings is 1. The zero-order chi connectivity index (χ0) is 17.9. The fourth-order valence-corrected chi connectivity index (χ4v) is 3.21. The van der Waals surface area contributed by atoms with Crippen molar-refractivity contribution in [2.45, 2.75) is 19.4 Å². The minimum absolute atomic E-state index is 0.0893. The highest BCUT2D eigenvalue weighted by Gasteiger charge is 2.27. The van der Waals surface area contributed by atoms with E-state index in [0.29, 0.717) is 13.2 Å². The SMILES string of the molecule is Cc1ccc2cccc(OCCNC(=O)[C@@H]3NCCc4[nH]cnc43)c2n1. The average Bonchev–Trinajstić information content (AvgIpc) is 3.14. The highest BCUT2D eigenvalue weighted by atomic mass is 16.5. The topological polar surface area (TPSA) is 91.9 Å². The van der Waals surface area contributed by atoms with E-state index < -0.39 is 6.04 Å². The number of carbonyl (C=O) groups excluding carboxylic acids is 1. The maximum Gasteiger partial charge on any atom is 0.243 e. The molecule has 0 aliphatic carbocycles. The summed E-state index contributed by atoms with van der Waals surface area (Å²) in [6.07, 6.45) is 2.49. The summed E-state index contributed by atoms with van der Waals surface area (Å²) >= 11 is 0. The Labute approximate surface area is 151 Å². The molecule has 0 unspecified atom stereocenters. The summed E-state index contributed by atoms with van der Waals surface area (Å²) in [5.74, 6) is 0.638. The summed E-state index contributed by atoms with van der Waals surface area (Å²) in [6, 6.07) is 9.45. The smallest absolute Gasteiger partial charge is 0.243 e. The minimum atomic E-state index is -0.410. The first-order valence-corrected chi connectivity index (χ1v) is 8.75. The summed E-state index contributed by atoms with van der Waals surface area (Å²) < 4.78 is 5.85. The molecule has 3 aromatic rings. The Morgan fingerprint density at radius 1 is 1.35 bits per heavy atom. The van der Waals surface area contributed by atoms with Crippen LogP contribution in [0.1, 0.15) is 23.1 Å². The Bertz CT molecular complexity index is 937. The number of aryl methyl sites for hydroxylation is 1. The second kappa shape index (κ2) is 7.13. The van der Waals surface area contributed by atoms with Crippen LogP contribution in [0.3, 0.4) is 0 Å². The molecular formula is C19H21N5O2. The van der Waals surface area contributed by atoms with Crippen LogP contribution in [0.4, 0.5) is 0 Å². The van der Waals surface area contributed by atoms with Gasteiger partial charge in [0.1, 0.15) is 23.9 Å². The lowest BCUT2D eigenvalue weighted by Gasteiger charge is -2.22. The van der Waals surface area contributed by atoms with Gasteiger partial charge in [0, 0.05) is 29.7 Å². The molecule has 0 saturated heterocycles. The first-order valence-electron chi connectivity index (χ1n) is 8.75. The van der Waals surface area contributed by atoms with Crippen LogP contribution in [0.15, 0.2) is 36.7 Å². The summed E-state index contributed by atoms with van der Waals surface area (Å²) in [5, 5.41) is 7.15. The molecule has 1 aliphatic heterocycles. The Kier molecular flexibility index (Phi) is 4.53. The number of hydrogen-bond acceptors (Lipinski definition) is 5. The van der Waals surface area contributed by atoms with E-state index in [4.69, 9.17) is 4.74 Å². The van der Waals surface area contributed by atoms with Crippen LogP contribution >= 0.6 is 0 Å². The molecule has 0 fully saturated rings. The molecule has 4 rings (SSSR count). The highest BCUT2D eigenvalue weighted by molar-refractivity contribution is 5.84. The van der Waals surface area contributed by atoms with Gasteiger partial charge in [0.25, 0.3) is 0 Å². The molecule has 1 amide bonds.